The number of aliphatic hydroxyl groups is 1. The molecule has 0 saturated heterocycles. The molecule has 0 radical (unpaired) electrons. The van der Waals surface area contributed by atoms with E-state index < -0.39 is 29.1 Å². The van der Waals surface area contributed by atoms with Crippen LogP contribution in [0.5, 0.6) is 0 Å². The van der Waals surface area contributed by atoms with E-state index in [1.54, 1.807) is 0 Å². The molecule has 0 spiro atoms. The van der Waals surface area contributed by atoms with Gasteiger partial charge in [-0.1, -0.05) is 15.9 Å². The molecule has 0 aliphatic heterocycles. The summed E-state index contributed by atoms with van der Waals surface area (Å²) in [5.74, 6) is 0. The van der Waals surface area contributed by atoms with Gasteiger partial charge in [-0.25, -0.2) is 21.9 Å². The summed E-state index contributed by atoms with van der Waals surface area (Å²) >= 11 is 6.22. The maximum atomic E-state index is 12.0. The summed E-state index contributed by atoms with van der Waals surface area (Å²) < 4.78 is 50.5. The number of alkyl halides is 2. The first-order valence-electron chi connectivity index (χ1n) is 4.65. The number of rotatable bonds is 5. The van der Waals surface area contributed by atoms with E-state index in [0.717, 1.165) is 0 Å². The molecule has 0 saturated carbocycles. The van der Waals surface area contributed by atoms with Crippen LogP contribution in [-0.2, 0) is 10.0 Å². The number of sulfonamides is 1. The Hall–Kier alpha value is -0.0900. The van der Waals surface area contributed by atoms with Crippen LogP contribution in [0.15, 0.2) is 32.0 Å². The molecule has 18 heavy (non-hydrogen) atoms. The second-order valence-corrected chi connectivity index (χ2v) is 6.83. The van der Waals surface area contributed by atoms with Crippen molar-refractivity contribution < 1.29 is 22.3 Å². The van der Waals surface area contributed by atoms with Gasteiger partial charge in [-0.2, -0.15) is 0 Å². The molecule has 2 N–H and O–H groups in total. The van der Waals surface area contributed by atoms with E-state index in [1.165, 1.54) is 18.2 Å². The standard InChI is InChI=1S/C9H9Br2F2NO3S/c10-5-1-2-8(6(11)3-5)18(16,17)14-4-7(15)9(12)13/h1-3,7,9,14-15H,4H2. The Balaban J connectivity index is 2.87. The highest BCUT2D eigenvalue weighted by atomic mass is 79.9. The molecule has 0 amide bonds. The second-order valence-electron chi connectivity index (χ2n) is 3.33. The van der Waals surface area contributed by atoms with Crippen LogP contribution in [0.25, 0.3) is 0 Å². The van der Waals surface area contributed by atoms with Gasteiger partial charge in [-0.3, -0.25) is 0 Å². The lowest BCUT2D eigenvalue weighted by Crippen LogP contribution is -2.35. The Labute approximate surface area is 120 Å². The van der Waals surface area contributed by atoms with Crippen LogP contribution in [0.1, 0.15) is 0 Å². The minimum atomic E-state index is -3.95. The fraction of sp³-hybridized carbons (Fsp3) is 0.333. The van der Waals surface area contributed by atoms with Crippen molar-refractivity contribution in [3.8, 4) is 0 Å². The second kappa shape index (κ2) is 6.38. The molecular weight excluding hydrogens is 400 g/mol. The van der Waals surface area contributed by atoms with Gasteiger partial charge < -0.3 is 5.11 Å². The molecule has 0 heterocycles. The van der Waals surface area contributed by atoms with Gasteiger partial charge in [0.1, 0.15) is 6.10 Å². The van der Waals surface area contributed by atoms with Crippen molar-refractivity contribution in [3.63, 3.8) is 0 Å². The minimum Gasteiger partial charge on any atom is -0.386 e. The third-order valence-electron chi connectivity index (χ3n) is 1.96. The molecule has 1 aromatic rings. The zero-order valence-corrected chi connectivity index (χ0v) is 12.8. The molecule has 0 bridgehead atoms. The van der Waals surface area contributed by atoms with Gasteiger partial charge in [0.2, 0.25) is 10.0 Å². The predicted molar refractivity (Wildman–Crippen MR) is 69.0 cm³/mol. The molecule has 0 aliphatic carbocycles. The number of benzene rings is 1. The average molecular weight is 409 g/mol. The van der Waals surface area contributed by atoms with Gasteiger partial charge in [0.25, 0.3) is 6.43 Å². The lowest BCUT2D eigenvalue weighted by atomic mass is 10.4. The zero-order chi connectivity index (χ0) is 13.9. The van der Waals surface area contributed by atoms with E-state index >= 15 is 0 Å². The van der Waals surface area contributed by atoms with Crippen molar-refractivity contribution in [2.75, 3.05) is 6.54 Å². The summed E-state index contributed by atoms with van der Waals surface area (Å²) in [4.78, 5) is -0.0906. The van der Waals surface area contributed by atoms with Gasteiger partial charge in [0, 0.05) is 15.5 Å². The Morgan fingerprint density at radius 3 is 2.44 bits per heavy atom. The molecule has 0 aliphatic rings. The monoisotopic (exact) mass is 407 g/mol. The molecule has 1 aromatic carbocycles. The van der Waals surface area contributed by atoms with Gasteiger partial charge in [-0.05, 0) is 34.1 Å². The van der Waals surface area contributed by atoms with Crippen molar-refractivity contribution in [3.05, 3.63) is 27.1 Å². The Morgan fingerprint density at radius 2 is 1.94 bits per heavy atom. The largest absolute Gasteiger partial charge is 0.386 e. The number of nitrogens with one attached hydrogen (secondary N) is 1. The predicted octanol–water partition coefficient (Wildman–Crippen LogP) is 2.12. The number of halogens is 4. The number of hydrogen-bond donors (Lipinski definition) is 2. The van der Waals surface area contributed by atoms with E-state index in [2.05, 4.69) is 31.9 Å². The van der Waals surface area contributed by atoms with Crippen LogP contribution >= 0.6 is 31.9 Å². The minimum absolute atomic E-state index is 0.0906. The molecule has 9 heteroatoms. The highest BCUT2D eigenvalue weighted by Gasteiger charge is 2.22. The third kappa shape index (κ3) is 4.23. The van der Waals surface area contributed by atoms with E-state index in [0.29, 0.717) is 4.47 Å². The van der Waals surface area contributed by atoms with Crippen LogP contribution in [0, 0.1) is 0 Å². The summed E-state index contributed by atoms with van der Waals surface area (Å²) in [6, 6.07) is 4.33. The number of hydrogen-bond acceptors (Lipinski definition) is 3. The van der Waals surface area contributed by atoms with Gasteiger partial charge in [0.05, 0.1) is 4.90 Å². The van der Waals surface area contributed by atoms with Crippen molar-refractivity contribution in [2.24, 2.45) is 0 Å². The fourth-order valence-corrected chi connectivity index (χ4v) is 3.85. The third-order valence-corrected chi connectivity index (χ3v) is 4.85. The highest BCUT2D eigenvalue weighted by molar-refractivity contribution is 9.11. The van der Waals surface area contributed by atoms with Crippen LogP contribution < -0.4 is 4.72 Å². The molecule has 0 aromatic heterocycles. The molecule has 102 valence electrons. The van der Waals surface area contributed by atoms with Crippen LogP contribution in [0.3, 0.4) is 0 Å². The molecule has 1 rings (SSSR count). The van der Waals surface area contributed by atoms with E-state index in [9.17, 15) is 17.2 Å². The molecule has 0 fully saturated rings. The normalized spacial score (nSPS) is 13.9. The Bertz CT molecular complexity index is 525. The zero-order valence-electron chi connectivity index (χ0n) is 8.78. The first-order valence-corrected chi connectivity index (χ1v) is 7.72. The Morgan fingerprint density at radius 1 is 1.33 bits per heavy atom. The van der Waals surface area contributed by atoms with E-state index in [4.69, 9.17) is 5.11 Å². The van der Waals surface area contributed by atoms with Crippen molar-refractivity contribution in [2.45, 2.75) is 17.4 Å². The smallest absolute Gasteiger partial charge is 0.265 e. The molecule has 1 unspecified atom stereocenters. The maximum Gasteiger partial charge on any atom is 0.265 e. The quantitative estimate of drug-likeness (QED) is 0.784. The Kier molecular flexibility index (Phi) is 5.66. The lowest BCUT2D eigenvalue weighted by molar-refractivity contribution is -0.000452. The maximum absolute atomic E-state index is 12.0. The molecular formula is C9H9Br2F2NO3S. The van der Waals surface area contributed by atoms with E-state index in [1.807, 2.05) is 4.72 Å². The van der Waals surface area contributed by atoms with Crippen molar-refractivity contribution >= 4 is 41.9 Å². The van der Waals surface area contributed by atoms with Gasteiger partial charge in [0.15, 0.2) is 0 Å². The summed E-state index contributed by atoms with van der Waals surface area (Å²) in [5.41, 5.74) is 0. The average Bonchev–Trinajstić information content (AvgIpc) is 2.25. The molecule has 1 atom stereocenters. The summed E-state index contributed by atoms with van der Waals surface area (Å²) in [5, 5.41) is 8.85. The summed E-state index contributed by atoms with van der Waals surface area (Å²) in [7, 11) is -3.95. The fourth-order valence-electron chi connectivity index (χ4n) is 1.06. The highest BCUT2D eigenvalue weighted by Crippen LogP contribution is 2.25. The van der Waals surface area contributed by atoms with Crippen molar-refractivity contribution in [1.29, 1.82) is 0 Å². The number of aliphatic hydroxyl groups excluding tert-OH is 1. The van der Waals surface area contributed by atoms with Crippen LogP contribution in [0.2, 0.25) is 0 Å². The SMILES string of the molecule is O=S(=O)(NCC(O)C(F)F)c1ccc(Br)cc1Br. The van der Waals surface area contributed by atoms with Crippen LogP contribution in [-0.4, -0.2) is 32.6 Å². The lowest BCUT2D eigenvalue weighted by Gasteiger charge is -2.12. The topological polar surface area (TPSA) is 66.4 Å². The van der Waals surface area contributed by atoms with E-state index in [-0.39, 0.29) is 9.37 Å². The first kappa shape index (κ1) is 16.0. The van der Waals surface area contributed by atoms with Crippen LogP contribution in [0.4, 0.5) is 8.78 Å². The van der Waals surface area contributed by atoms with Gasteiger partial charge >= 0.3 is 0 Å². The first-order chi connectivity index (χ1) is 8.24. The summed E-state index contributed by atoms with van der Waals surface area (Å²) in [6.07, 6.45) is -5.03. The summed E-state index contributed by atoms with van der Waals surface area (Å²) in [6.45, 7) is -0.748. The van der Waals surface area contributed by atoms with Gasteiger partial charge in [-0.15, -0.1) is 0 Å². The molecule has 4 nitrogen and oxygen atoms in total. The van der Waals surface area contributed by atoms with Crippen molar-refractivity contribution in [1.82, 2.24) is 4.72 Å².